The summed E-state index contributed by atoms with van der Waals surface area (Å²) < 4.78 is 5.71. The standard InChI is InChI=1S/C13H19NO.C9H11NOS/c1-12-5-4-6-13(11-12)15-10-9-14-7-2-3-8-14;1-6(11)8-5-12-9-4-10-3-2-7(8)9/h4-6,11H,2-3,7-10H2,1H3;5,10H,2-4H2,1H3. The molecule has 0 radical (unpaired) electrons. The minimum atomic E-state index is 0.203. The lowest BCUT2D eigenvalue weighted by Gasteiger charge is -2.14. The van der Waals surface area contributed by atoms with Gasteiger partial charge in [0, 0.05) is 28.9 Å². The number of thiophene rings is 1. The zero-order valence-corrected chi connectivity index (χ0v) is 17.2. The molecule has 1 saturated heterocycles. The van der Waals surface area contributed by atoms with Crippen LogP contribution in [0.15, 0.2) is 29.6 Å². The summed E-state index contributed by atoms with van der Waals surface area (Å²) in [6.45, 7) is 10.0. The normalized spacial score (nSPS) is 16.4. The van der Waals surface area contributed by atoms with Gasteiger partial charge >= 0.3 is 0 Å². The number of hydrogen-bond donors (Lipinski definition) is 1. The van der Waals surface area contributed by atoms with Crippen molar-refractivity contribution in [3.05, 3.63) is 51.2 Å². The monoisotopic (exact) mass is 386 g/mol. The maximum atomic E-state index is 11.2. The van der Waals surface area contributed by atoms with Crippen LogP contribution < -0.4 is 10.1 Å². The Kier molecular flexibility index (Phi) is 7.44. The molecule has 0 atom stereocenters. The molecule has 1 fully saturated rings. The first-order valence-electron chi connectivity index (χ1n) is 9.86. The Balaban J connectivity index is 0.000000159. The Morgan fingerprint density at radius 3 is 2.85 bits per heavy atom. The van der Waals surface area contributed by atoms with Gasteiger partial charge in [0.25, 0.3) is 0 Å². The Morgan fingerprint density at radius 2 is 2.11 bits per heavy atom. The molecule has 0 aliphatic carbocycles. The number of nitrogens with one attached hydrogen (secondary N) is 1. The van der Waals surface area contributed by atoms with Gasteiger partial charge in [0.05, 0.1) is 0 Å². The van der Waals surface area contributed by atoms with Crippen LogP contribution in [0.2, 0.25) is 0 Å². The summed E-state index contributed by atoms with van der Waals surface area (Å²) in [7, 11) is 0. The highest BCUT2D eigenvalue weighted by Gasteiger charge is 2.17. The van der Waals surface area contributed by atoms with Gasteiger partial charge in [-0.05, 0) is 76.0 Å². The van der Waals surface area contributed by atoms with Crippen LogP contribution in [0.1, 0.15) is 46.1 Å². The highest BCUT2D eigenvalue weighted by atomic mass is 32.1. The first kappa shape index (κ1) is 20.1. The highest BCUT2D eigenvalue weighted by molar-refractivity contribution is 7.10. The maximum Gasteiger partial charge on any atom is 0.160 e. The Hall–Kier alpha value is -1.69. The van der Waals surface area contributed by atoms with E-state index in [0.717, 1.165) is 44.0 Å². The summed E-state index contributed by atoms with van der Waals surface area (Å²) in [4.78, 5) is 15.0. The predicted octanol–water partition coefficient (Wildman–Crippen LogP) is 4.07. The molecule has 1 aromatic carbocycles. The van der Waals surface area contributed by atoms with Crippen LogP contribution in [0.4, 0.5) is 0 Å². The van der Waals surface area contributed by atoms with Gasteiger partial charge in [-0.1, -0.05) is 12.1 Å². The van der Waals surface area contributed by atoms with Crippen molar-refractivity contribution >= 4 is 17.1 Å². The third-order valence-corrected chi connectivity index (χ3v) is 6.09. The number of fused-ring (bicyclic) bond motifs is 1. The molecule has 2 aromatic rings. The summed E-state index contributed by atoms with van der Waals surface area (Å²) >= 11 is 1.70. The van der Waals surface area contributed by atoms with Crippen molar-refractivity contribution in [1.82, 2.24) is 10.2 Å². The van der Waals surface area contributed by atoms with Crippen molar-refractivity contribution < 1.29 is 9.53 Å². The van der Waals surface area contributed by atoms with Crippen molar-refractivity contribution in [2.75, 3.05) is 32.8 Å². The van der Waals surface area contributed by atoms with Crippen molar-refractivity contribution in [3.8, 4) is 5.75 Å². The zero-order chi connectivity index (χ0) is 19.1. The second kappa shape index (κ2) is 10.0. The largest absolute Gasteiger partial charge is 0.492 e. The Morgan fingerprint density at radius 1 is 1.30 bits per heavy atom. The lowest BCUT2D eigenvalue weighted by molar-refractivity contribution is 0.101. The van der Waals surface area contributed by atoms with E-state index in [2.05, 4.69) is 29.3 Å². The number of benzene rings is 1. The summed E-state index contributed by atoms with van der Waals surface area (Å²) in [5, 5.41) is 5.28. The van der Waals surface area contributed by atoms with E-state index in [1.54, 1.807) is 18.3 Å². The highest BCUT2D eigenvalue weighted by Crippen LogP contribution is 2.25. The third kappa shape index (κ3) is 5.89. The van der Waals surface area contributed by atoms with Gasteiger partial charge in [-0.15, -0.1) is 11.3 Å². The van der Waals surface area contributed by atoms with Crippen LogP contribution in [-0.2, 0) is 13.0 Å². The third-order valence-electron chi connectivity index (χ3n) is 5.06. The first-order chi connectivity index (χ1) is 13.1. The molecular formula is C22H30N2O2S. The Labute approximate surface area is 166 Å². The molecule has 4 nitrogen and oxygen atoms in total. The molecule has 146 valence electrons. The fourth-order valence-corrected chi connectivity index (χ4v) is 4.67. The fourth-order valence-electron chi connectivity index (χ4n) is 3.56. The molecule has 4 rings (SSSR count). The van der Waals surface area contributed by atoms with Crippen molar-refractivity contribution in [1.29, 1.82) is 0 Å². The van der Waals surface area contributed by atoms with Gasteiger partial charge in [-0.2, -0.15) is 0 Å². The molecule has 0 bridgehead atoms. The van der Waals surface area contributed by atoms with Crippen LogP contribution in [0.5, 0.6) is 5.75 Å². The van der Waals surface area contributed by atoms with E-state index in [1.165, 1.54) is 41.9 Å². The molecular weight excluding hydrogens is 356 g/mol. The van der Waals surface area contributed by atoms with Crippen LogP contribution >= 0.6 is 11.3 Å². The average Bonchev–Trinajstić information content (AvgIpc) is 3.32. The van der Waals surface area contributed by atoms with E-state index in [4.69, 9.17) is 4.74 Å². The number of aryl methyl sites for hydroxylation is 1. The van der Waals surface area contributed by atoms with Gasteiger partial charge in [-0.25, -0.2) is 0 Å². The smallest absolute Gasteiger partial charge is 0.160 e. The number of rotatable bonds is 5. The van der Waals surface area contributed by atoms with Crippen LogP contribution in [0.25, 0.3) is 0 Å². The molecule has 0 spiro atoms. The number of nitrogens with zero attached hydrogens (tertiary/aromatic N) is 1. The lowest BCUT2D eigenvalue weighted by atomic mass is 10.0. The number of carbonyl (C=O) groups is 1. The number of likely N-dealkylation sites (tertiary alicyclic amines) is 1. The summed E-state index contributed by atoms with van der Waals surface area (Å²) in [5.41, 5.74) is 3.48. The van der Waals surface area contributed by atoms with Gasteiger partial charge in [-0.3, -0.25) is 9.69 Å². The molecule has 5 heteroatoms. The van der Waals surface area contributed by atoms with Gasteiger partial charge in [0.1, 0.15) is 12.4 Å². The lowest BCUT2D eigenvalue weighted by Crippen LogP contribution is -2.25. The first-order valence-corrected chi connectivity index (χ1v) is 10.7. The quantitative estimate of drug-likeness (QED) is 0.787. The van der Waals surface area contributed by atoms with E-state index in [9.17, 15) is 4.79 Å². The van der Waals surface area contributed by atoms with Crippen molar-refractivity contribution in [2.24, 2.45) is 0 Å². The summed E-state index contributed by atoms with van der Waals surface area (Å²) in [6, 6.07) is 8.24. The van der Waals surface area contributed by atoms with E-state index in [-0.39, 0.29) is 5.78 Å². The van der Waals surface area contributed by atoms with Crippen LogP contribution in [0.3, 0.4) is 0 Å². The maximum absolute atomic E-state index is 11.2. The topological polar surface area (TPSA) is 41.6 Å². The van der Waals surface area contributed by atoms with Crippen molar-refractivity contribution in [3.63, 3.8) is 0 Å². The molecule has 2 aliphatic rings. The SMILES string of the molecule is CC(=O)c1csc2c1CCNC2.Cc1cccc(OCCN2CCCC2)c1. The minimum absolute atomic E-state index is 0.203. The zero-order valence-electron chi connectivity index (χ0n) is 16.4. The molecule has 0 unspecified atom stereocenters. The minimum Gasteiger partial charge on any atom is -0.492 e. The number of hydrogen-bond acceptors (Lipinski definition) is 5. The number of carbonyl (C=O) groups excluding carboxylic acids is 1. The predicted molar refractivity (Wildman–Crippen MR) is 112 cm³/mol. The van der Waals surface area contributed by atoms with E-state index >= 15 is 0 Å². The van der Waals surface area contributed by atoms with Crippen LogP contribution in [0, 0.1) is 6.92 Å². The van der Waals surface area contributed by atoms with E-state index in [0.29, 0.717) is 0 Å². The average molecular weight is 387 g/mol. The molecule has 2 aliphatic heterocycles. The van der Waals surface area contributed by atoms with E-state index < -0.39 is 0 Å². The van der Waals surface area contributed by atoms with Crippen molar-refractivity contribution in [2.45, 2.75) is 39.7 Å². The Bertz CT molecular complexity index is 751. The molecule has 3 heterocycles. The molecule has 1 aromatic heterocycles. The van der Waals surface area contributed by atoms with Crippen LogP contribution in [-0.4, -0.2) is 43.5 Å². The second-order valence-corrected chi connectivity index (χ2v) is 8.21. The van der Waals surface area contributed by atoms with Gasteiger partial charge < -0.3 is 10.1 Å². The fraction of sp³-hybridized carbons (Fsp3) is 0.500. The molecule has 27 heavy (non-hydrogen) atoms. The molecule has 0 amide bonds. The number of ketones is 1. The van der Waals surface area contributed by atoms with Gasteiger partial charge in [0.2, 0.25) is 0 Å². The molecule has 1 N–H and O–H groups in total. The summed E-state index contributed by atoms with van der Waals surface area (Å²) in [5.74, 6) is 1.20. The molecule has 0 saturated carbocycles. The second-order valence-electron chi connectivity index (χ2n) is 7.25. The number of Topliss-reactive ketones (excluding diaryl/α,β-unsaturated/α-hetero) is 1. The van der Waals surface area contributed by atoms with Gasteiger partial charge in [0.15, 0.2) is 5.78 Å². The number of ether oxygens (including phenoxy) is 1. The summed E-state index contributed by atoms with van der Waals surface area (Å²) in [6.07, 6.45) is 3.71. The van der Waals surface area contributed by atoms with E-state index in [1.807, 2.05) is 17.5 Å².